The summed E-state index contributed by atoms with van der Waals surface area (Å²) < 4.78 is 0. The molecule has 0 radical (unpaired) electrons. The maximum atomic E-state index is 11.7. The first kappa shape index (κ1) is 18.4. The van der Waals surface area contributed by atoms with E-state index in [-0.39, 0.29) is 36.7 Å². The molecule has 0 saturated carbocycles. The molecule has 20 heavy (non-hydrogen) atoms. The fourth-order valence-electron chi connectivity index (χ4n) is 1.34. The summed E-state index contributed by atoms with van der Waals surface area (Å²) in [6.07, 6.45) is 0.840. The lowest BCUT2D eigenvalue weighted by atomic mass is 10.1. The topological polar surface area (TPSA) is 105 Å². The predicted octanol–water partition coefficient (Wildman–Crippen LogP) is -0.929. The number of amides is 3. The Balaban J connectivity index is 4.08. The van der Waals surface area contributed by atoms with Gasteiger partial charge in [-0.3, -0.25) is 14.4 Å². The number of carbonyl (C=O) groups excluding carboxylic acids is 3. The molecule has 3 amide bonds. The van der Waals surface area contributed by atoms with Gasteiger partial charge < -0.3 is 21.3 Å². The highest BCUT2D eigenvalue weighted by Crippen LogP contribution is 1.97. The molecule has 1 atom stereocenters. The van der Waals surface area contributed by atoms with E-state index in [4.69, 9.17) is 5.73 Å². The highest BCUT2D eigenvalue weighted by Gasteiger charge is 2.19. The fourth-order valence-corrected chi connectivity index (χ4v) is 1.34. The second kappa shape index (κ2) is 9.30. The second-order valence-corrected chi connectivity index (χ2v) is 5.09. The van der Waals surface area contributed by atoms with Crippen LogP contribution < -0.4 is 16.4 Å². The van der Waals surface area contributed by atoms with E-state index < -0.39 is 6.04 Å². The molecule has 0 aliphatic rings. The van der Waals surface area contributed by atoms with Gasteiger partial charge in [0.2, 0.25) is 17.7 Å². The molecule has 4 N–H and O–H groups in total. The predicted molar refractivity (Wildman–Crippen MR) is 76.8 cm³/mol. The van der Waals surface area contributed by atoms with Crippen LogP contribution in [-0.4, -0.2) is 55.3 Å². The minimum Gasteiger partial charge on any atom is -0.355 e. The molecule has 0 rings (SSSR count). The summed E-state index contributed by atoms with van der Waals surface area (Å²) in [5, 5.41) is 5.15. The summed E-state index contributed by atoms with van der Waals surface area (Å²) in [4.78, 5) is 36.0. The van der Waals surface area contributed by atoms with E-state index in [2.05, 4.69) is 10.6 Å². The number of hydrogen-bond acceptors (Lipinski definition) is 4. The number of carbonyl (C=O) groups is 3. The molecule has 0 aliphatic heterocycles. The van der Waals surface area contributed by atoms with Crippen LogP contribution in [0.1, 0.15) is 27.2 Å². The SMILES string of the molecule is CCCNC(=O)CN(C)C(=O)CNC(=O)[C@@H](N)C(C)C. The number of rotatable bonds is 8. The van der Waals surface area contributed by atoms with Crippen molar-refractivity contribution < 1.29 is 14.4 Å². The molecular weight excluding hydrogens is 260 g/mol. The van der Waals surface area contributed by atoms with Crippen molar-refractivity contribution in [1.29, 1.82) is 0 Å². The highest BCUT2D eigenvalue weighted by molar-refractivity contribution is 5.89. The number of nitrogens with one attached hydrogen (secondary N) is 2. The first-order valence-electron chi connectivity index (χ1n) is 6.83. The van der Waals surface area contributed by atoms with E-state index in [0.29, 0.717) is 6.54 Å². The van der Waals surface area contributed by atoms with Crippen molar-refractivity contribution in [3.63, 3.8) is 0 Å². The first-order chi connectivity index (χ1) is 9.29. The van der Waals surface area contributed by atoms with Crippen LogP contribution in [0.4, 0.5) is 0 Å². The van der Waals surface area contributed by atoms with Crippen LogP contribution >= 0.6 is 0 Å². The molecule has 0 spiro atoms. The van der Waals surface area contributed by atoms with Gasteiger partial charge in [0.15, 0.2) is 0 Å². The van der Waals surface area contributed by atoms with Gasteiger partial charge in [0.1, 0.15) is 0 Å². The van der Waals surface area contributed by atoms with Crippen LogP contribution in [0.2, 0.25) is 0 Å². The van der Waals surface area contributed by atoms with Gasteiger partial charge in [-0.15, -0.1) is 0 Å². The molecule has 0 fully saturated rings. The number of nitrogens with zero attached hydrogens (tertiary/aromatic N) is 1. The monoisotopic (exact) mass is 286 g/mol. The van der Waals surface area contributed by atoms with Gasteiger partial charge in [-0.1, -0.05) is 20.8 Å². The maximum Gasteiger partial charge on any atom is 0.242 e. The average molecular weight is 286 g/mol. The van der Waals surface area contributed by atoms with E-state index >= 15 is 0 Å². The zero-order chi connectivity index (χ0) is 15.7. The van der Waals surface area contributed by atoms with Crippen LogP contribution in [-0.2, 0) is 14.4 Å². The Bertz CT molecular complexity index is 345. The van der Waals surface area contributed by atoms with Gasteiger partial charge in [0, 0.05) is 13.6 Å². The van der Waals surface area contributed by atoms with Gasteiger partial charge in [-0.2, -0.15) is 0 Å². The Kier molecular flexibility index (Phi) is 8.54. The van der Waals surface area contributed by atoms with Crippen LogP contribution in [0, 0.1) is 5.92 Å². The average Bonchev–Trinajstić information content (AvgIpc) is 2.40. The normalized spacial score (nSPS) is 11.9. The van der Waals surface area contributed by atoms with E-state index in [1.807, 2.05) is 20.8 Å². The van der Waals surface area contributed by atoms with Crippen molar-refractivity contribution in [2.24, 2.45) is 11.7 Å². The van der Waals surface area contributed by atoms with Crippen molar-refractivity contribution >= 4 is 17.7 Å². The van der Waals surface area contributed by atoms with Crippen molar-refractivity contribution in [2.75, 3.05) is 26.7 Å². The maximum absolute atomic E-state index is 11.7. The largest absolute Gasteiger partial charge is 0.355 e. The lowest BCUT2D eigenvalue weighted by Crippen LogP contribution is -2.48. The van der Waals surface area contributed by atoms with Crippen molar-refractivity contribution in [2.45, 2.75) is 33.2 Å². The van der Waals surface area contributed by atoms with Crippen LogP contribution in [0.15, 0.2) is 0 Å². The second-order valence-electron chi connectivity index (χ2n) is 5.09. The highest BCUT2D eigenvalue weighted by atomic mass is 16.2. The molecule has 0 aliphatic carbocycles. The van der Waals surface area contributed by atoms with E-state index in [1.54, 1.807) is 0 Å². The summed E-state index contributed by atoms with van der Waals surface area (Å²) in [7, 11) is 1.52. The number of likely N-dealkylation sites (N-methyl/N-ethyl adjacent to an activating group) is 1. The third-order valence-electron chi connectivity index (χ3n) is 2.81. The first-order valence-corrected chi connectivity index (χ1v) is 6.83. The molecule has 0 saturated heterocycles. The van der Waals surface area contributed by atoms with Gasteiger partial charge >= 0.3 is 0 Å². The summed E-state index contributed by atoms with van der Waals surface area (Å²) in [5.74, 6) is -0.909. The van der Waals surface area contributed by atoms with Gasteiger partial charge in [-0.05, 0) is 12.3 Å². The van der Waals surface area contributed by atoms with Crippen LogP contribution in [0.25, 0.3) is 0 Å². The Morgan fingerprint density at radius 1 is 1.20 bits per heavy atom. The summed E-state index contributed by atoms with van der Waals surface area (Å²) in [6, 6.07) is -0.638. The van der Waals surface area contributed by atoms with Gasteiger partial charge in [0.05, 0.1) is 19.1 Å². The third-order valence-corrected chi connectivity index (χ3v) is 2.81. The molecule has 0 bridgehead atoms. The third kappa shape index (κ3) is 7.08. The molecule has 0 heterocycles. The zero-order valence-electron chi connectivity index (χ0n) is 12.7. The van der Waals surface area contributed by atoms with Crippen LogP contribution in [0.3, 0.4) is 0 Å². The Hall–Kier alpha value is -1.63. The molecular formula is C13H26N4O3. The van der Waals surface area contributed by atoms with Crippen LogP contribution in [0.5, 0.6) is 0 Å². The van der Waals surface area contributed by atoms with Crippen molar-refractivity contribution in [3.05, 3.63) is 0 Å². The Labute approximate surface area is 120 Å². The molecule has 0 aromatic heterocycles. The molecule has 0 unspecified atom stereocenters. The van der Waals surface area contributed by atoms with Crippen molar-refractivity contribution in [1.82, 2.24) is 15.5 Å². The summed E-state index contributed by atoms with van der Waals surface area (Å²) in [6.45, 7) is 6.01. The van der Waals surface area contributed by atoms with E-state index in [1.165, 1.54) is 11.9 Å². The molecule has 7 heteroatoms. The van der Waals surface area contributed by atoms with Gasteiger partial charge in [-0.25, -0.2) is 0 Å². The van der Waals surface area contributed by atoms with Crippen molar-refractivity contribution in [3.8, 4) is 0 Å². The summed E-state index contributed by atoms with van der Waals surface area (Å²) in [5.41, 5.74) is 5.66. The standard InChI is InChI=1S/C13H26N4O3/c1-5-6-15-10(18)8-17(4)11(19)7-16-13(20)12(14)9(2)3/h9,12H,5-8,14H2,1-4H3,(H,15,18)(H,16,20)/t12-/m0/s1. The quantitative estimate of drug-likeness (QED) is 0.536. The minimum atomic E-state index is -0.638. The van der Waals surface area contributed by atoms with E-state index in [9.17, 15) is 14.4 Å². The fraction of sp³-hybridized carbons (Fsp3) is 0.769. The lowest BCUT2D eigenvalue weighted by Gasteiger charge is -2.19. The Morgan fingerprint density at radius 3 is 2.30 bits per heavy atom. The molecule has 116 valence electrons. The molecule has 7 nitrogen and oxygen atoms in total. The minimum absolute atomic E-state index is 0.00246. The number of nitrogens with two attached hydrogens (primary N) is 1. The van der Waals surface area contributed by atoms with E-state index in [0.717, 1.165) is 6.42 Å². The smallest absolute Gasteiger partial charge is 0.242 e. The molecule has 0 aromatic rings. The summed E-state index contributed by atoms with van der Waals surface area (Å²) >= 11 is 0. The lowest BCUT2D eigenvalue weighted by molar-refractivity contribution is -0.135. The van der Waals surface area contributed by atoms with Gasteiger partial charge in [0.25, 0.3) is 0 Å². The zero-order valence-corrected chi connectivity index (χ0v) is 12.7. The number of hydrogen-bond donors (Lipinski definition) is 3. The molecule has 0 aromatic carbocycles. The Morgan fingerprint density at radius 2 is 1.80 bits per heavy atom.